The summed E-state index contributed by atoms with van der Waals surface area (Å²) < 4.78 is 0. The molecular formula is C21H34. The third kappa shape index (κ3) is 4.59. The van der Waals surface area contributed by atoms with Crippen LogP contribution in [0.3, 0.4) is 0 Å². The van der Waals surface area contributed by atoms with Gasteiger partial charge in [-0.3, -0.25) is 0 Å². The predicted molar refractivity (Wildman–Crippen MR) is 93.8 cm³/mol. The molecule has 0 heteroatoms. The zero-order chi connectivity index (χ0) is 15.1. The molecule has 0 spiro atoms. The van der Waals surface area contributed by atoms with E-state index in [0.29, 0.717) is 0 Å². The van der Waals surface area contributed by atoms with Gasteiger partial charge < -0.3 is 0 Å². The van der Waals surface area contributed by atoms with Crippen LogP contribution in [0.5, 0.6) is 0 Å². The van der Waals surface area contributed by atoms with Crippen LogP contribution in [-0.4, -0.2) is 0 Å². The largest absolute Gasteiger partial charge is 0.0656 e. The van der Waals surface area contributed by atoms with Crippen molar-refractivity contribution >= 4 is 0 Å². The summed E-state index contributed by atoms with van der Waals surface area (Å²) >= 11 is 0. The van der Waals surface area contributed by atoms with Crippen LogP contribution in [0.1, 0.15) is 88.7 Å². The molecule has 0 heterocycles. The fourth-order valence-corrected chi connectivity index (χ4v) is 4.38. The van der Waals surface area contributed by atoms with Crippen molar-refractivity contribution < 1.29 is 0 Å². The van der Waals surface area contributed by atoms with Crippen molar-refractivity contribution in [1.82, 2.24) is 0 Å². The summed E-state index contributed by atoms with van der Waals surface area (Å²) in [5.74, 6) is 3.00. The lowest BCUT2D eigenvalue weighted by Crippen LogP contribution is -2.19. The Kier molecular flexibility index (Phi) is 6.80. The van der Waals surface area contributed by atoms with E-state index in [2.05, 4.69) is 45.0 Å². The SMILES string of the molecule is CCC.Cc1ccccc1C1CCC(C2CCCC2)CC1. The van der Waals surface area contributed by atoms with Gasteiger partial charge in [-0.1, -0.05) is 70.2 Å². The van der Waals surface area contributed by atoms with Crippen LogP contribution < -0.4 is 0 Å². The highest BCUT2D eigenvalue weighted by molar-refractivity contribution is 5.29. The molecule has 3 rings (SSSR count). The summed E-state index contributed by atoms with van der Waals surface area (Å²) in [6, 6.07) is 9.02. The molecule has 0 aromatic heterocycles. The molecule has 0 aliphatic heterocycles. The van der Waals surface area contributed by atoms with Crippen molar-refractivity contribution in [3.8, 4) is 0 Å². The monoisotopic (exact) mass is 286 g/mol. The molecule has 2 fully saturated rings. The second-order valence-electron chi connectivity index (χ2n) is 7.22. The van der Waals surface area contributed by atoms with Crippen molar-refractivity contribution in [2.24, 2.45) is 11.8 Å². The van der Waals surface area contributed by atoms with E-state index < -0.39 is 0 Å². The van der Waals surface area contributed by atoms with Gasteiger partial charge >= 0.3 is 0 Å². The Balaban J connectivity index is 0.000000497. The molecule has 2 aliphatic rings. The molecule has 0 unspecified atom stereocenters. The topological polar surface area (TPSA) is 0 Å². The first-order valence-corrected chi connectivity index (χ1v) is 9.31. The van der Waals surface area contributed by atoms with E-state index >= 15 is 0 Å². The first-order chi connectivity index (χ1) is 10.3. The molecule has 0 nitrogen and oxygen atoms in total. The summed E-state index contributed by atoms with van der Waals surface area (Å²) in [5, 5.41) is 0. The third-order valence-corrected chi connectivity index (χ3v) is 5.47. The molecule has 0 N–H and O–H groups in total. The van der Waals surface area contributed by atoms with Crippen LogP contribution in [0, 0.1) is 18.8 Å². The molecule has 1 aromatic rings. The minimum absolute atomic E-state index is 0.851. The Hall–Kier alpha value is -0.780. The van der Waals surface area contributed by atoms with Crippen LogP contribution in [0.2, 0.25) is 0 Å². The van der Waals surface area contributed by atoms with Gasteiger partial charge in [0.2, 0.25) is 0 Å². The van der Waals surface area contributed by atoms with Crippen LogP contribution in [0.4, 0.5) is 0 Å². The minimum Gasteiger partial charge on any atom is -0.0656 e. The van der Waals surface area contributed by atoms with Gasteiger partial charge in [0, 0.05) is 0 Å². The summed E-state index contributed by atoms with van der Waals surface area (Å²) in [4.78, 5) is 0. The molecule has 0 atom stereocenters. The smallest absolute Gasteiger partial charge is 0.0159 e. The molecule has 2 aliphatic carbocycles. The number of benzene rings is 1. The molecule has 0 saturated heterocycles. The average molecular weight is 287 g/mol. The molecule has 0 amide bonds. The molecule has 118 valence electrons. The molecule has 21 heavy (non-hydrogen) atoms. The van der Waals surface area contributed by atoms with E-state index in [1.54, 1.807) is 5.56 Å². The first kappa shape index (κ1) is 16.6. The van der Waals surface area contributed by atoms with Crippen molar-refractivity contribution in [3.05, 3.63) is 35.4 Å². The molecule has 1 aromatic carbocycles. The van der Waals surface area contributed by atoms with E-state index in [4.69, 9.17) is 0 Å². The van der Waals surface area contributed by atoms with Crippen LogP contribution >= 0.6 is 0 Å². The highest BCUT2D eigenvalue weighted by Crippen LogP contribution is 2.43. The Morgan fingerprint density at radius 2 is 1.33 bits per heavy atom. The van der Waals surface area contributed by atoms with Crippen molar-refractivity contribution in [2.75, 3.05) is 0 Å². The van der Waals surface area contributed by atoms with E-state index in [1.165, 1.54) is 63.4 Å². The number of hydrogen-bond donors (Lipinski definition) is 0. The van der Waals surface area contributed by atoms with Gasteiger partial charge in [0.1, 0.15) is 0 Å². The van der Waals surface area contributed by atoms with Gasteiger partial charge in [0.25, 0.3) is 0 Å². The first-order valence-electron chi connectivity index (χ1n) is 9.31. The normalized spacial score (nSPS) is 26.2. The Morgan fingerprint density at radius 1 is 0.810 bits per heavy atom. The number of aryl methyl sites for hydroxylation is 1. The van der Waals surface area contributed by atoms with E-state index in [9.17, 15) is 0 Å². The Bertz CT molecular complexity index is 392. The maximum absolute atomic E-state index is 2.36. The van der Waals surface area contributed by atoms with Gasteiger partial charge in [-0.2, -0.15) is 0 Å². The maximum atomic E-state index is 2.36. The zero-order valence-electron chi connectivity index (χ0n) is 14.4. The highest BCUT2D eigenvalue weighted by Gasteiger charge is 2.30. The summed E-state index contributed by atoms with van der Waals surface area (Å²) in [6.45, 7) is 6.53. The van der Waals surface area contributed by atoms with Gasteiger partial charge in [0.05, 0.1) is 0 Å². The van der Waals surface area contributed by atoms with Crippen LogP contribution in [-0.2, 0) is 0 Å². The van der Waals surface area contributed by atoms with Crippen molar-refractivity contribution in [1.29, 1.82) is 0 Å². The third-order valence-electron chi connectivity index (χ3n) is 5.47. The number of hydrogen-bond acceptors (Lipinski definition) is 0. The van der Waals surface area contributed by atoms with Gasteiger partial charge in [-0.15, -0.1) is 0 Å². The Labute approximate surface area is 132 Å². The fraction of sp³-hybridized carbons (Fsp3) is 0.714. The summed E-state index contributed by atoms with van der Waals surface area (Å²) in [5.41, 5.74) is 3.13. The summed E-state index contributed by atoms with van der Waals surface area (Å²) in [7, 11) is 0. The van der Waals surface area contributed by atoms with E-state index in [-0.39, 0.29) is 0 Å². The zero-order valence-corrected chi connectivity index (χ0v) is 14.4. The molecule has 2 saturated carbocycles. The lowest BCUT2D eigenvalue weighted by Gasteiger charge is -2.33. The molecular weight excluding hydrogens is 252 g/mol. The quantitative estimate of drug-likeness (QED) is 0.556. The standard InChI is InChI=1S/C18H26.C3H8/c1-14-6-2-5-9-18(14)17-12-10-16(11-13-17)15-7-3-4-8-15;1-3-2/h2,5-6,9,15-17H,3-4,7-8,10-13H2,1H3;3H2,1-2H3. The van der Waals surface area contributed by atoms with Crippen LogP contribution in [0.25, 0.3) is 0 Å². The van der Waals surface area contributed by atoms with Gasteiger partial charge in [0.15, 0.2) is 0 Å². The van der Waals surface area contributed by atoms with Crippen molar-refractivity contribution in [2.45, 2.75) is 84.5 Å². The number of rotatable bonds is 2. The molecule has 0 radical (unpaired) electrons. The van der Waals surface area contributed by atoms with Crippen molar-refractivity contribution in [3.63, 3.8) is 0 Å². The van der Waals surface area contributed by atoms with Crippen LogP contribution in [0.15, 0.2) is 24.3 Å². The minimum atomic E-state index is 0.851. The van der Waals surface area contributed by atoms with E-state index in [0.717, 1.165) is 17.8 Å². The van der Waals surface area contributed by atoms with Gasteiger partial charge in [-0.05, 0) is 61.5 Å². The lowest BCUT2D eigenvalue weighted by molar-refractivity contribution is 0.235. The average Bonchev–Trinajstić information content (AvgIpc) is 3.03. The lowest BCUT2D eigenvalue weighted by atomic mass is 9.73. The second-order valence-corrected chi connectivity index (χ2v) is 7.22. The maximum Gasteiger partial charge on any atom is -0.0159 e. The highest BCUT2D eigenvalue weighted by atomic mass is 14.3. The summed E-state index contributed by atoms with van der Waals surface area (Å²) in [6.07, 6.45) is 13.2. The predicted octanol–water partition coefficient (Wildman–Crippen LogP) is 6.88. The van der Waals surface area contributed by atoms with E-state index in [1.807, 2.05) is 0 Å². The second kappa shape index (κ2) is 8.61. The van der Waals surface area contributed by atoms with Gasteiger partial charge in [-0.25, -0.2) is 0 Å². The Morgan fingerprint density at radius 3 is 1.90 bits per heavy atom. The fourth-order valence-electron chi connectivity index (χ4n) is 4.38. The molecule has 0 bridgehead atoms.